The third kappa shape index (κ3) is 0.744. The van der Waals surface area contributed by atoms with Crippen molar-refractivity contribution in [1.29, 1.82) is 21.0 Å². The topological polar surface area (TPSA) is 95.2 Å². The Bertz CT molecular complexity index is 657. The normalized spacial score (nSPS) is 51.0. The minimum absolute atomic E-state index is 0.129. The molecule has 0 bridgehead atoms. The summed E-state index contributed by atoms with van der Waals surface area (Å²) in [7, 11) is 0. The summed E-state index contributed by atoms with van der Waals surface area (Å²) in [5.41, 5.74) is -3.11. The van der Waals surface area contributed by atoms with E-state index in [2.05, 4.69) is 0 Å². The number of nitrogens with zero attached hydrogens (tertiary/aromatic N) is 4. The minimum Gasteiger partial charge on any atom is -0.196 e. The molecule has 4 aliphatic rings. The van der Waals surface area contributed by atoms with E-state index in [9.17, 15) is 21.0 Å². The number of nitriles is 4. The van der Waals surface area contributed by atoms with E-state index >= 15 is 0 Å². The molecule has 0 spiro atoms. The van der Waals surface area contributed by atoms with Crippen molar-refractivity contribution in [2.24, 2.45) is 34.0 Å². The fourth-order valence-electron chi connectivity index (χ4n) is 5.72. The van der Waals surface area contributed by atoms with Crippen LogP contribution in [0.2, 0.25) is 0 Å². The summed E-state index contributed by atoms with van der Waals surface area (Å²) in [6, 6.07) is 7.91. The van der Waals surface area contributed by atoms with Crippen LogP contribution in [0.3, 0.4) is 0 Å². The average molecular weight is 283 g/mol. The van der Waals surface area contributed by atoms with Gasteiger partial charge in [-0.3, -0.25) is 0 Å². The molecule has 0 aromatic heterocycles. The molecule has 0 N–H and O–H groups in total. The summed E-state index contributed by atoms with van der Waals surface area (Å²) in [5, 5.41) is 37.7. The molecule has 4 aliphatic carbocycles. The Balaban J connectivity index is 1.79. The van der Waals surface area contributed by atoms with E-state index in [1.54, 1.807) is 0 Å². The predicted octanol–water partition coefficient (Wildman–Crippen LogP) is 2.48. The zero-order valence-corrected chi connectivity index (χ0v) is 11.5. The van der Waals surface area contributed by atoms with Crippen LogP contribution in [0.1, 0.15) is 25.7 Å². The first kappa shape index (κ1) is 12.0. The summed E-state index contributed by atoms with van der Waals surface area (Å²) in [6.45, 7) is 0. The van der Waals surface area contributed by atoms with E-state index in [4.69, 9.17) is 11.6 Å². The number of halogens is 1. The van der Waals surface area contributed by atoms with Gasteiger partial charge >= 0.3 is 0 Å². The molecule has 5 atom stereocenters. The maximum absolute atomic E-state index is 9.54. The van der Waals surface area contributed by atoms with Gasteiger partial charge in [-0.2, -0.15) is 21.0 Å². The molecule has 0 amide bonds. The van der Waals surface area contributed by atoms with Crippen molar-refractivity contribution in [3.8, 4) is 24.3 Å². The molecule has 4 rings (SSSR count). The van der Waals surface area contributed by atoms with E-state index in [1.165, 1.54) is 0 Å². The monoisotopic (exact) mass is 282 g/mol. The number of alkyl halides is 1. The lowest BCUT2D eigenvalue weighted by Gasteiger charge is -2.52. The maximum atomic E-state index is 9.54. The quantitative estimate of drug-likeness (QED) is 0.690. The van der Waals surface area contributed by atoms with Gasteiger partial charge in [0, 0.05) is 11.3 Å². The number of hydrogen-bond acceptors (Lipinski definition) is 4. The minimum atomic E-state index is -1.50. The van der Waals surface area contributed by atoms with Gasteiger partial charge in [0.2, 0.25) is 0 Å². The summed E-state index contributed by atoms with van der Waals surface area (Å²) in [6.07, 6.45) is 3.58. The second-order valence-corrected chi connectivity index (χ2v) is 7.28. The van der Waals surface area contributed by atoms with Crippen molar-refractivity contribution in [3.05, 3.63) is 0 Å². The van der Waals surface area contributed by atoms with Crippen LogP contribution in [0, 0.1) is 79.3 Å². The number of hydrogen-bond donors (Lipinski definition) is 0. The first-order valence-electron chi connectivity index (χ1n) is 6.89. The Kier molecular flexibility index (Phi) is 1.78. The van der Waals surface area contributed by atoms with Crippen LogP contribution in [0.15, 0.2) is 0 Å². The molecule has 0 aliphatic heterocycles. The molecule has 3 unspecified atom stereocenters. The van der Waals surface area contributed by atoms with Crippen molar-refractivity contribution in [2.45, 2.75) is 30.6 Å². The highest BCUT2D eigenvalue weighted by Crippen LogP contribution is 3.00. The van der Waals surface area contributed by atoms with Gasteiger partial charge in [-0.1, -0.05) is 6.42 Å². The SMILES string of the molecule is N#CC1(C#N)CC(C23[C@@H]4CCC[C@H]2C43Cl)C1(C#N)C#N. The van der Waals surface area contributed by atoms with Gasteiger partial charge in [-0.15, -0.1) is 11.6 Å². The third-order valence-corrected chi connectivity index (χ3v) is 7.52. The Morgan fingerprint density at radius 3 is 1.80 bits per heavy atom. The molecular weight excluding hydrogens is 272 g/mol. The van der Waals surface area contributed by atoms with Crippen molar-refractivity contribution < 1.29 is 0 Å². The van der Waals surface area contributed by atoms with Crippen LogP contribution >= 0.6 is 11.6 Å². The van der Waals surface area contributed by atoms with E-state index in [0.29, 0.717) is 18.3 Å². The molecule has 98 valence electrons. The summed E-state index contributed by atoms with van der Waals surface area (Å²) >= 11 is 6.68. The zero-order chi connectivity index (χ0) is 14.4. The first-order chi connectivity index (χ1) is 9.55. The summed E-state index contributed by atoms with van der Waals surface area (Å²) in [4.78, 5) is -0.230. The first-order valence-corrected chi connectivity index (χ1v) is 7.27. The highest BCUT2D eigenvalue weighted by atomic mass is 35.5. The summed E-state index contributed by atoms with van der Waals surface area (Å²) in [5.74, 6) is 0.561. The van der Waals surface area contributed by atoms with Crippen LogP contribution in [0.5, 0.6) is 0 Å². The van der Waals surface area contributed by atoms with Crippen molar-refractivity contribution in [3.63, 3.8) is 0 Å². The van der Waals surface area contributed by atoms with Gasteiger partial charge < -0.3 is 0 Å². The highest BCUT2D eigenvalue weighted by Gasteiger charge is 3.02. The molecule has 20 heavy (non-hydrogen) atoms. The van der Waals surface area contributed by atoms with Gasteiger partial charge in [-0.05, 0) is 31.1 Å². The van der Waals surface area contributed by atoms with Crippen molar-refractivity contribution >= 4 is 11.6 Å². The predicted molar refractivity (Wildman–Crippen MR) is 67.3 cm³/mol. The molecule has 4 nitrogen and oxygen atoms in total. The lowest BCUT2D eigenvalue weighted by atomic mass is 9.42. The molecule has 0 saturated heterocycles. The Hall–Kier alpha value is -1.75. The maximum Gasteiger partial charge on any atom is 0.178 e. The zero-order valence-electron chi connectivity index (χ0n) is 10.7. The molecule has 4 saturated carbocycles. The molecule has 0 heterocycles. The summed E-state index contributed by atoms with van der Waals surface area (Å²) < 4.78 is 0. The smallest absolute Gasteiger partial charge is 0.178 e. The molecular formula is C15H11ClN4. The fourth-order valence-corrected chi connectivity index (χ4v) is 6.58. The van der Waals surface area contributed by atoms with E-state index in [1.807, 2.05) is 24.3 Å². The molecule has 0 aromatic carbocycles. The Morgan fingerprint density at radius 1 is 0.850 bits per heavy atom. The molecule has 4 fully saturated rings. The van der Waals surface area contributed by atoms with Crippen LogP contribution in [-0.4, -0.2) is 4.87 Å². The standard InChI is InChI=1S/C15H11ClN4/c16-15-9-2-1-3-10(15)14(9,15)11-4-12(5-17,6-18)13(11,7-19)8-20/h9-11H,1-4H2/t9-,10+,11?,14?,15?. The molecule has 0 radical (unpaired) electrons. The van der Waals surface area contributed by atoms with Crippen LogP contribution in [0.25, 0.3) is 0 Å². The third-order valence-electron chi connectivity index (χ3n) is 6.67. The van der Waals surface area contributed by atoms with Crippen molar-refractivity contribution in [1.82, 2.24) is 0 Å². The average Bonchev–Trinajstić information content (AvgIpc) is 3.25. The van der Waals surface area contributed by atoms with Crippen LogP contribution < -0.4 is 0 Å². The van der Waals surface area contributed by atoms with E-state index in [-0.39, 0.29) is 16.2 Å². The number of rotatable bonds is 1. The molecule has 5 heteroatoms. The van der Waals surface area contributed by atoms with Gasteiger partial charge in [-0.25, -0.2) is 0 Å². The highest BCUT2D eigenvalue weighted by molar-refractivity contribution is 6.31. The van der Waals surface area contributed by atoms with Gasteiger partial charge in [0.15, 0.2) is 10.8 Å². The lowest BCUT2D eigenvalue weighted by Crippen LogP contribution is -2.58. The fraction of sp³-hybridized carbons (Fsp3) is 0.733. The Morgan fingerprint density at radius 2 is 1.40 bits per heavy atom. The van der Waals surface area contributed by atoms with Crippen LogP contribution in [-0.2, 0) is 0 Å². The van der Waals surface area contributed by atoms with E-state index in [0.717, 1.165) is 19.3 Å². The van der Waals surface area contributed by atoms with Gasteiger partial charge in [0.05, 0.1) is 29.2 Å². The van der Waals surface area contributed by atoms with Gasteiger partial charge in [0.1, 0.15) is 0 Å². The van der Waals surface area contributed by atoms with Crippen LogP contribution in [0.4, 0.5) is 0 Å². The van der Waals surface area contributed by atoms with E-state index < -0.39 is 10.8 Å². The van der Waals surface area contributed by atoms with Crippen molar-refractivity contribution in [2.75, 3.05) is 0 Å². The van der Waals surface area contributed by atoms with Gasteiger partial charge in [0.25, 0.3) is 0 Å². The second-order valence-electron chi connectivity index (χ2n) is 6.65. The second kappa shape index (κ2) is 2.96. The number of fused-ring (bicyclic) bond motifs is 2. The molecule has 0 aromatic rings. The Labute approximate surface area is 122 Å². The largest absolute Gasteiger partial charge is 0.196 e. The lowest BCUT2D eigenvalue weighted by molar-refractivity contribution is -0.0260.